The fourth-order valence-electron chi connectivity index (χ4n) is 1.44. The van der Waals surface area contributed by atoms with Crippen LogP contribution in [0.4, 0.5) is 0 Å². The van der Waals surface area contributed by atoms with Crippen molar-refractivity contribution in [3.05, 3.63) is 23.8 Å². The zero-order valence-electron chi connectivity index (χ0n) is 8.37. The minimum atomic E-state index is 0.670. The van der Waals surface area contributed by atoms with E-state index in [9.17, 15) is 0 Å². The molecule has 0 fully saturated rings. The van der Waals surface area contributed by atoms with Gasteiger partial charge in [0.25, 0.3) is 0 Å². The molecule has 0 heterocycles. The van der Waals surface area contributed by atoms with Crippen molar-refractivity contribution in [1.29, 1.82) is 0 Å². The van der Waals surface area contributed by atoms with Gasteiger partial charge in [-0.1, -0.05) is 39.0 Å². The summed E-state index contributed by atoms with van der Waals surface area (Å²) in [6, 6.07) is 0. The Labute approximate surface area is 80.1 Å². The Balaban J connectivity index is 2.73. The van der Waals surface area contributed by atoms with Crippen LogP contribution in [-0.4, -0.2) is 11.5 Å². The average molecular weight is 182 g/mol. The van der Waals surface area contributed by atoms with E-state index in [1.807, 2.05) is 11.8 Å². The lowest BCUT2D eigenvalue weighted by Gasteiger charge is -2.22. The fourth-order valence-corrected chi connectivity index (χ4v) is 2.25. The van der Waals surface area contributed by atoms with Crippen LogP contribution in [0.1, 0.15) is 20.8 Å². The lowest BCUT2D eigenvalue weighted by Crippen LogP contribution is -2.14. The van der Waals surface area contributed by atoms with Crippen LogP contribution in [0.3, 0.4) is 0 Å². The Bertz CT molecular complexity index is 201. The van der Waals surface area contributed by atoms with Gasteiger partial charge in [0.15, 0.2) is 0 Å². The largest absolute Gasteiger partial charge is 0.157 e. The Morgan fingerprint density at radius 2 is 2.08 bits per heavy atom. The second-order valence-corrected chi connectivity index (χ2v) is 4.76. The Kier molecular flexibility index (Phi) is 3.45. The van der Waals surface area contributed by atoms with Crippen molar-refractivity contribution in [2.75, 3.05) is 6.26 Å². The summed E-state index contributed by atoms with van der Waals surface area (Å²) in [5, 5.41) is 0.687. The van der Waals surface area contributed by atoms with Crippen LogP contribution in [0, 0.1) is 11.8 Å². The Hall–Kier alpha value is -0.170. The average Bonchev–Trinajstić information content (AvgIpc) is 2.05. The summed E-state index contributed by atoms with van der Waals surface area (Å²) in [5.74, 6) is 1.37. The quantitative estimate of drug-likeness (QED) is 0.630. The number of thioether (sulfide) groups is 1. The van der Waals surface area contributed by atoms with Gasteiger partial charge in [-0.2, -0.15) is 11.8 Å². The summed E-state index contributed by atoms with van der Waals surface area (Å²) in [6.45, 7) is 6.79. The van der Waals surface area contributed by atoms with Gasteiger partial charge in [-0.05, 0) is 23.7 Å². The van der Waals surface area contributed by atoms with Gasteiger partial charge in [0.05, 0.1) is 0 Å². The van der Waals surface area contributed by atoms with E-state index >= 15 is 0 Å². The molecule has 0 aromatic heterocycles. The highest BCUT2D eigenvalue weighted by molar-refractivity contribution is 7.99. The van der Waals surface area contributed by atoms with E-state index in [0.717, 1.165) is 0 Å². The van der Waals surface area contributed by atoms with E-state index in [2.05, 4.69) is 45.3 Å². The van der Waals surface area contributed by atoms with Gasteiger partial charge < -0.3 is 0 Å². The second kappa shape index (κ2) is 4.18. The van der Waals surface area contributed by atoms with Crippen LogP contribution < -0.4 is 0 Å². The van der Waals surface area contributed by atoms with Crippen LogP contribution in [0.15, 0.2) is 23.8 Å². The third-order valence-corrected chi connectivity index (χ3v) is 3.52. The molecule has 2 atom stereocenters. The number of rotatable bonds is 2. The molecule has 0 saturated carbocycles. The first-order chi connectivity index (χ1) is 5.65. The molecule has 1 rings (SSSR count). The molecule has 0 radical (unpaired) electrons. The number of hydrogen-bond acceptors (Lipinski definition) is 1. The minimum absolute atomic E-state index is 0.670. The monoisotopic (exact) mass is 182 g/mol. The molecule has 0 amide bonds. The van der Waals surface area contributed by atoms with Crippen LogP contribution in [0.2, 0.25) is 0 Å². The summed E-state index contributed by atoms with van der Waals surface area (Å²) in [6.07, 6.45) is 9.22. The van der Waals surface area contributed by atoms with Crippen molar-refractivity contribution < 1.29 is 0 Å². The molecular formula is C11H18S. The second-order valence-electron chi connectivity index (χ2n) is 3.74. The van der Waals surface area contributed by atoms with Gasteiger partial charge in [0.2, 0.25) is 0 Å². The van der Waals surface area contributed by atoms with Crippen molar-refractivity contribution in [2.24, 2.45) is 11.8 Å². The molecule has 1 heteroatoms. The molecule has 0 spiro atoms. The zero-order valence-corrected chi connectivity index (χ0v) is 9.19. The number of hydrogen-bond donors (Lipinski definition) is 0. The summed E-state index contributed by atoms with van der Waals surface area (Å²) >= 11 is 1.95. The maximum atomic E-state index is 2.42. The van der Waals surface area contributed by atoms with Crippen molar-refractivity contribution >= 4 is 11.8 Å². The molecule has 0 saturated heterocycles. The molecule has 1 aliphatic carbocycles. The topological polar surface area (TPSA) is 0 Å². The van der Waals surface area contributed by atoms with Gasteiger partial charge in [-0.15, -0.1) is 0 Å². The third kappa shape index (κ3) is 2.16. The predicted molar refractivity (Wildman–Crippen MR) is 58.5 cm³/mol. The van der Waals surface area contributed by atoms with Gasteiger partial charge in [0, 0.05) is 5.25 Å². The minimum Gasteiger partial charge on any atom is -0.157 e. The van der Waals surface area contributed by atoms with Gasteiger partial charge in [-0.25, -0.2) is 0 Å². The summed E-state index contributed by atoms with van der Waals surface area (Å²) < 4.78 is 0. The highest BCUT2D eigenvalue weighted by Crippen LogP contribution is 2.28. The molecular weight excluding hydrogens is 164 g/mol. The highest BCUT2D eigenvalue weighted by Gasteiger charge is 2.16. The van der Waals surface area contributed by atoms with Crippen LogP contribution in [0.5, 0.6) is 0 Å². The third-order valence-electron chi connectivity index (χ3n) is 2.41. The van der Waals surface area contributed by atoms with Crippen molar-refractivity contribution in [2.45, 2.75) is 26.0 Å². The van der Waals surface area contributed by atoms with E-state index in [0.29, 0.717) is 17.1 Å². The lowest BCUT2D eigenvalue weighted by atomic mass is 9.92. The smallest absolute Gasteiger partial charge is 0.0290 e. The Morgan fingerprint density at radius 3 is 2.58 bits per heavy atom. The number of allylic oxidation sites excluding steroid dienone is 3. The predicted octanol–water partition coefficient (Wildman–Crippen LogP) is 3.51. The van der Waals surface area contributed by atoms with Gasteiger partial charge in [-0.3, -0.25) is 0 Å². The van der Waals surface area contributed by atoms with E-state index < -0.39 is 0 Å². The molecule has 0 aliphatic heterocycles. The summed E-state index contributed by atoms with van der Waals surface area (Å²) in [5.41, 5.74) is 1.49. The lowest BCUT2D eigenvalue weighted by molar-refractivity contribution is 0.710. The van der Waals surface area contributed by atoms with E-state index in [4.69, 9.17) is 0 Å². The molecule has 1 aliphatic rings. The van der Waals surface area contributed by atoms with E-state index in [-0.39, 0.29) is 0 Å². The van der Waals surface area contributed by atoms with Crippen molar-refractivity contribution in [3.63, 3.8) is 0 Å². The first-order valence-electron chi connectivity index (χ1n) is 4.58. The maximum absolute atomic E-state index is 2.42. The highest BCUT2D eigenvalue weighted by atomic mass is 32.2. The van der Waals surface area contributed by atoms with Crippen LogP contribution >= 0.6 is 11.8 Å². The summed E-state index contributed by atoms with van der Waals surface area (Å²) in [7, 11) is 0. The molecule has 0 N–H and O–H groups in total. The Morgan fingerprint density at radius 1 is 1.42 bits per heavy atom. The first-order valence-corrected chi connectivity index (χ1v) is 5.86. The molecule has 68 valence electrons. The maximum Gasteiger partial charge on any atom is 0.0290 e. The van der Waals surface area contributed by atoms with Gasteiger partial charge in [0.1, 0.15) is 0 Å². The first kappa shape index (κ1) is 9.91. The van der Waals surface area contributed by atoms with Crippen LogP contribution in [-0.2, 0) is 0 Å². The molecule has 12 heavy (non-hydrogen) atoms. The molecule has 0 aromatic carbocycles. The van der Waals surface area contributed by atoms with E-state index in [1.54, 1.807) is 0 Å². The fraction of sp³-hybridized carbons (Fsp3) is 0.636. The van der Waals surface area contributed by atoms with Gasteiger partial charge >= 0.3 is 0 Å². The molecule has 0 aromatic rings. The van der Waals surface area contributed by atoms with Crippen molar-refractivity contribution in [3.8, 4) is 0 Å². The normalized spacial score (nSPS) is 29.2. The standard InChI is InChI=1S/C11H18S/c1-8(2)10-6-5-9(3)11(7-10)12-4/h5-9,11H,1-4H3. The van der Waals surface area contributed by atoms with Crippen LogP contribution in [0.25, 0.3) is 0 Å². The van der Waals surface area contributed by atoms with Crippen molar-refractivity contribution in [1.82, 2.24) is 0 Å². The summed E-state index contributed by atoms with van der Waals surface area (Å²) in [4.78, 5) is 0. The molecule has 2 unspecified atom stereocenters. The molecule has 0 bridgehead atoms. The SMILES string of the molecule is CSC1C=C(C(C)C)C=CC1C. The zero-order chi connectivity index (χ0) is 9.14. The molecule has 0 nitrogen and oxygen atoms in total. The van der Waals surface area contributed by atoms with E-state index in [1.165, 1.54) is 5.57 Å².